The minimum absolute atomic E-state index is 0. The lowest BCUT2D eigenvalue weighted by Crippen LogP contribution is -2.56. The molecule has 0 atom stereocenters. The van der Waals surface area contributed by atoms with Gasteiger partial charge < -0.3 is 10.6 Å². The first kappa shape index (κ1) is 13.2. The summed E-state index contributed by atoms with van der Waals surface area (Å²) in [4.78, 5) is 11.7. The van der Waals surface area contributed by atoms with Gasteiger partial charge in [-0.25, -0.2) is 0 Å². The van der Waals surface area contributed by atoms with Crippen molar-refractivity contribution in [2.24, 2.45) is 23.7 Å². The van der Waals surface area contributed by atoms with Crippen molar-refractivity contribution in [3.63, 3.8) is 0 Å². The Balaban J connectivity index is 0.00000108. The summed E-state index contributed by atoms with van der Waals surface area (Å²) in [7, 11) is 1.83. The molecule has 0 aromatic rings. The topological polar surface area (TPSA) is 41.1 Å². The number of nitrogens with one attached hydrogen (secondary N) is 2. The molecule has 4 rings (SSSR count). The number of amides is 1. The summed E-state index contributed by atoms with van der Waals surface area (Å²) in [5, 5.41) is 6.19. The van der Waals surface area contributed by atoms with Crippen molar-refractivity contribution >= 4 is 18.3 Å². The Bertz CT molecular complexity index is 267. The Morgan fingerprint density at radius 3 is 2.06 bits per heavy atom. The second kappa shape index (κ2) is 5.15. The predicted molar refractivity (Wildman–Crippen MR) is 70.2 cm³/mol. The Labute approximate surface area is 110 Å². The van der Waals surface area contributed by atoms with Gasteiger partial charge in [0.1, 0.15) is 0 Å². The van der Waals surface area contributed by atoms with Gasteiger partial charge in [-0.3, -0.25) is 4.79 Å². The van der Waals surface area contributed by atoms with Crippen molar-refractivity contribution in [3.05, 3.63) is 0 Å². The van der Waals surface area contributed by atoms with Crippen molar-refractivity contribution in [1.29, 1.82) is 0 Å². The van der Waals surface area contributed by atoms with E-state index in [4.69, 9.17) is 0 Å². The van der Waals surface area contributed by atoms with Crippen molar-refractivity contribution in [2.45, 2.75) is 38.1 Å². The molecule has 4 saturated carbocycles. The monoisotopic (exact) mass is 258 g/mol. The normalized spacial score (nSPS) is 42.1. The number of carbonyl (C=O) groups excluding carboxylic acids is 1. The van der Waals surface area contributed by atoms with E-state index in [0.717, 1.165) is 23.7 Å². The summed E-state index contributed by atoms with van der Waals surface area (Å²) in [6, 6.07) is 0.494. The zero-order chi connectivity index (χ0) is 11.1. The maximum Gasteiger partial charge on any atom is 0.234 e. The zero-order valence-electron chi connectivity index (χ0n) is 10.4. The lowest BCUT2D eigenvalue weighted by Gasteiger charge is -2.54. The van der Waals surface area contributed by atoms with Gasteiger partial charge in [-0.1, -0.05) is 0 Å². The van der Waals surface area contributed by atoms with Crippen LogP contribution in [0, 0.1) is 23.7 Å². The fraction of sp³-hybridized carbons (Fsp3) is 0.923. The highest BCUT2D eigenvalue weighted by Crippen LogP contribution is 2.53. The number of hydrogen-bond donors (Lipinski definition) is 2. The van der Waals surface area contributed by atoms with Crippen LogP contribution in [0.1, 0.15) is 32.1 Å². The highest BCUT2D eigenvalue weighted by Gasteiger charge is 2.48. The van der Waals surface area contributed by atoms with E-state index in [1.165, 1.54) is 32.1 Å². The molecule has 1 amide bonds. The van der Waals surface area contributed by atoms with E-state index >= 15 is 0 Å². The minimum atomic E-state index is 0. The first-order valence-corrected chi connectivity index (χ1v) is 6.70. The molecular formula is C13H23ClN2O. The number of carbonyl (C=O) groups is 1. The summed E-state index contributed by atoms with van der Waals surface area (Å²) in [5.74, 6) is 3.73. The van der Waals surface area contributed by atoms with E-state index in [9.17, 15) is 4.79 Å². The average Bonchev–Trinajstić information content (AvgIpc) is 2.23. The quantitative estimate of drug-likeness (QED) is 0.807. The lowest BCUT2D eigenvalue weighted by atomic mass is 9.54. The SMILES string of the molecule is CNCC(=O)NC1C2CC3CC(C2)CC1C3.Cl. The van der Waals surface area contributed by atoms with Gasteiger partial charge >= 0.3 is 0 Å². The van der Waals surface area contributed by atoms with Crippen LogP contribution in [0.2, 0.25) is 0 Å². The van der Waals surface area contributed by atoms with Crippen LogP contribution in [0.15, 0.2) is 0 Å². The largest absolute Gasteiger partial charge is 0.352 e. The molecule has 4 heteroatoms. The van der Waals surface area contributed by atoms with Crippen molar-refractivity contribution in [3.8, 4) is 0 Å². The fourth-order valence-corrected chi connectivity index (χ4v) is 4.56. The molecule has 4 bridgehead atoms. The average molecular weight is 259 g/mol. The Kier molecular flexibility index (Phi) is 3.99. The van der Waals surface area contributed by atoms with Crippen LogP contribution < -0.4 is 10.6 Å². The summed E-state index contributed by atoms with van der Waals surface area (Å²) in [6.45, 7) is 0.461. The molecule has 0 aromatic heterocycles. The van der Waals surface area contributed by atoms with E-state index in [1.807, 2.05) is 7.05 Å². The molecule has 4 aliphatic rings. The number of hydrogen-bond acceptors (Lipinski definition) is 2. The molecule has 4 aliphatic carbocycles. The molecule has 0 spiro atoms. The molecule has 0 unspecified atom stereocenters. The van der Waals surface area contributed by atoms with Crippen LogP contribution in [0.5, 0.6) is 0 Å². The third-order valence-corrected chi connectivity index (χ3v) is 4.89. The van der Waals surface area contributed by atoms with Crippen LogP contribution in [0.25, 0.3) is 0 Å². The second-order valence-corrected chi connectivity index (χ2v) is 6.05. The van der Waals surface area contributed by atoms with E-state index < -0.39 is 0 Å². The molecule has 0 radical (unpaired) electrons. The third-order valence-electron chi connectivity index (χ3n) is 4.89. The number of halogens is 1. The summed E-state index contributed by atoms with van der Waals surface area (Å²) in [6.07, 6.45) is 6.97. The molecular weight excluding hydrogens is 236 g/mol. The van der Waals surface area contributed by atoms with Crippen LogP contribution in [0.4, 0.5) is 0 Å². The lowest BCUT2D eigenvalue weighted by molar-refractivity contribution is -0.124. The van der Waals surface area contributed by atoms with Gasteiger partial charge in [0.2, 0.25) is 5.91 Å². The highest BCUT2D eigenvalue weighted by molar-refractivity contribution is 5.85. The van der Waals surface area contributed by atoms with E-state index in [1.54, 1.807) is 0 Å². The fourth-order valence-electron chi connectivity index (χ4n) is 4.56. The molecule has 0 heterocycles. The van der Waals surface area contributed by atoms with Crippen LogP contribution in [0.3, 0.4) is 0 Å². The molecule has 3 nitrogen and oxygen atoms in total. The Morgan fingerprint density at radius 2 is 1.59 bits per heavy atom. The van der Waals surface area contributed by atoms with Gasteiger partial charge in [0.05, 0.1) is 6.54 Å². The van der Waals surface area contributed by atoms with Crippen molar-refractivity contribution < 1.29 is 4.79 Å². The van der Waals surface area contributed by atoms with Crippen molar-refractivity contribution in [1.82, 2.24) is 10.6 Å². The van der Waals surface area contributed by atoms with Crippen LogP contribution in [-0.2, 0) is 4.79 Å². The maximum absolute atomic E-state index is 11.7. The third kappa shape index (κ3) is 2.45. The van der Waals surface area contributed by atoms with Crippen LogP contribution in [-0.4, -0.2) is 25.5 Å². The maximum atomic E-state index is 11.7. The molecule has 4 fully saturated rings. The van der Waals surface area contributed by atoms with Crippen molar-refractivity contribution in [2.75, 3.05) is 13.6 Å². The standard InChI is InChI=1S/C13H22N2O.ClH/c1-14-7-12(16)15-13-10-3-8-2-9(5-10)6-11(13)4-8;/h8-11,13-14H,2-7H2,1H3,(H,15,16);1H. The molecule has 98 valence electrons. The first-order valence-electron chi connectivity index (χ1n) is 6.70. The number of likely N-dealkylation sites (N-methyl/N-ethyl adjacent to an activating group) is 1. The van der Waals surface area contributed by atoms with Crippen LogP contribution >= 0.6 is 12.4 Å². The summed E-state index contributed by atoms with van der Waals surface area (Å²) >= 11 is 0. The second-order valence-electron chi connectivity index (χ2n) is 6.05. The molecule has 0 aliphatic heterocycles. The predicted octanol–water partition coefficient (Wildman–Crippen LogP) is 1.57. The van der Waals surface area contributed by atoms with E-state index in [0.29, 0.717) is 12.6 Å². The zero-order valence-corrected chi connectivity index (χ0v) is 11.3. The van der Waals surface area contributed by atoms with Gasteiger partial charge in [-0.15, -0.1) is 12.4 Å². The highest BCUT2D eigenvalue weighted by atomic mass is 35.5. The van der Waals surface area contributed by atoms with E-state index in [-0.39, 0.29) is 18.3 Å². The van der Waals surface area contributed by atoms with Gasteiger partial charge in [0.25, 0.3) is 0 Å². The molecule has 2 N–H and O–H groups in total. The smallest absolute Gasteiger partial charge is 0.234 e. The first-order chi connectivity index (χ1) is 7.76. The molecule has 0 saturated heterocycles. The Morgan fingerprint density at radius 1 is 1.06 bits per heavy atom. The minimum Gasteiger partial charge on any atom is -0.352 e. The number of rotatable bonds is 3. The van der Waals surface area contributed by atoms with Gasteiger partial charge in [-0.05, 0) is 62.8 Å². The molecule has 17 heavy (non-hydrogen) atoms. The van der Waals surface area contributed by atoms with E-state index in [2.05, 4.69) is 10.6 Å². The van der Waals surface area contributed by atoms with Gasteiger partial charge in [-0.2, -0.15) is 0 Å². The van der Waals surface area contributed by atoms with Gasteiger partial charge in [0, 0.05) is 6.04 Å². The Hall–Kier alpha value is -0.280. The molecule has 0 aromatic carbocycles. The van der Waals surface area contributed by atoms with Gasteiger partial charge in [0.15, 0.2) is 0 Å². The summed E-state index contributed by atoms with van der Waals surface area (Å²) in [5.41, 5.74) is 0. The summed E-state index contributed by atoms with van der Waals surface area (Å²) < 4.78 is 0.